The van der Waals surface area contributed by atoms with E-state index < -0.39 is 5.97 Å². The Hall–Kier alpha value is -2.57. The molecule has 0 saturated carbocycles. The summed E-state index contributed by atoms with van der Waals surface area (Å²) in [5.41, 5.74) is 7.23. The van der Waals surface area contributed by atoms with Crippen molar-refractivity contribution in [3.8, 4) is 0 Å². The van der Waals surface area contributed by atoms with Gasteiger partial charge in [0, 0.05) is 43.2 Å². The average Bonchev–Trinajstić information content (AvgIpc) is 2.58. The van der Waals surface area contributed by atoms with E-state index in [-0.39, 0.29) is 24.1 Å². The van der Waals surface area contributed by atoms with Gasteiger partial charge in [0.2, 0.25) is 5.91 Å². The van der Waals surface area contributed by atoms with Gasteiger partial charge in [0.1, 0.15) is 5.84 Å². The predicted octanol–water partition coefficient (Wildman–Crippen LogP) is 1.17. The van der Waals surface area contributed by atoms with Crippen LogP contribution < -0.4 is 16.0 Å². The molecule has 1 heterocycles. The number of aliphatic carboxylic acids is 1. The maximum Gasteiger partial charge on any atom is 0.303 e. The van der Waals surface area contributed by atoms with Gasteiger partial charge in [-0.2, -0.15) is 0 Å². The third kappa shape index (κ3) is 4.97. The molecule has 0 atom stereocenters. The maximum atomic E-state index is 12.1. The van der Waals surface area contributed by atoms with Crippen molar-refractivity contribution in [2.24, 2.45) is 11.7 Å². The molecule has 0 bridgehead atoms. The first kappa shape index (κ1) is 17.8. The molecule has 1 fully saturated rings. The van der Waals surface area contributed by atoms with E-state index in [0.29, 0.717) is 18.5 Å². The molecule has 1 aromatic carbocycles. The molecular formula is C17H24N4O3. The zero-order valence-corrected chi connectivity index (χ0v) is 13.6. The van der Waals surface area contributed by atoms with Crippen LogP contribution in [0.3, 0.4) is 0 Å². The van der Waals surface area contributed by atoms with E-state index in [2.05, 4.69) is 10.2 Å². The summed E-state index contributed by atoms with van der Waals surface area (Å²) in [6.45, 7) is 2.01. The highest BCUT2D eigenvalue weighted by Crippen LogP contribution is 2.23. The summed E-state index contributed by atoms with van der Waals surface area (Å²) in [7, 11) is 0. The number of hydrogen-bond acceptors (Lipinski definition) is 4. The average molecular weight is 332 g/mol. The molecule has 0 aliphatic carbocycles. The number of carbonyl (C=O) groups excluding carboxylic acids is 1. The fourth-order valence-corrected chi connectivity index (χ4v) is 2.85. The van der Waals surface area contributed by atoms with Crippen LogP contribution in [0, 0.1) is 11.3 Å². The first-order chi connectivity index (χ1) is 11.5. The Kier molecular flexibility index (Phi) is 6.17. The summed E-state index contributed by atoms with van der Waals surface area (Å²) in [5.74, 6) is -0.775. The Morgan fingerprint density at radius 2 is 1.88 bits per heavy atom. The third-order valence-electron chi connectivity index (χ3n) is 4.28. The zero-order valence-electron chi connectivity index (χ0n) is 13.6. The Morgan fingerprint density at radius 3 is 2.42 bits per heavy atom. The van der Waals surface area contributed by atoms with Crippen LogP contribution >= 0.6 is 0 Å². The van der Waals surface area contributed by atoms with Gasteiger partial charge in [-0.1, -0.05) is 0 Å². The van der Waals surface area contributed by atoms with Crippen LogP contribution in [0.25, 0.3) is 0 Å². The summed E-state index contributed by atoms with van der Waals surface area (Å²) in [4.78, 5) is 24.7. The monoisotopic (exact) mass is 332 g/mol. The van der Waals surface area contributed by atoms with Crippen molar-refractivity contribution in [2.75, 3.05) is 24.5 Å². The summed E-state index contributed by atoms with van der Waals surface area (Å²) < 4.78 is 0. The van der Waals surface area contributed by atoms with Gasteiger partial charge in [-0.25, -0.2) is 0 Å². The highest BCUT2D eigenvalue weighted by molar-refractivity contribution is 5.95. The largest absolute Gasteiger partial charge is 0.481 e. The van der Waals surface area contributed by atoms with Gasteiger partial charge in [-0.15, -0.1) is 0 Å². The fourth-order valence-electron chi connectivity index (χ4n) is 2.85. The lowest BCUT2D eigenvalue weighted by Gasteiger charge is -2.33. The number of benzene rings is 1. The van der Waals surface area contributed by atoms with Gasteiger partial charge < -0.3 is 21.1 Å². The second-order valence-corrected chi connectivity index (χ2v) is 6.01. The zero-order chi connectivity index (χ0) is 17.5. The number of carboxylic acids is 1. The van der Waals surface area contributed by atoms with Gasteiger partial charge >= 0.3 is 5.97 Å². The van der Waals surface area contributed by atoms with Crippen molar-refractivity contribution in [1.29, 1.82) is 5.41 Å². The number of carboxylic acid groups (broad SMARTS) is 1. The van der Waals surface area contributed by atoms with E-state index >= 15 is 0 Å². The highest BCUT2D eigenvalue weighted by Gasteiger charge is 2.24. The number of piperidine rings is 1. The summed E-state index contributed by atoms with van der Waals surface area (Å²) >= 11 is 0. The number of carbonyl (C=O) groups is 2. The van der Waals surface area contributed by atoms with Crippen LogP contribution in [0.5, 0.6) is 0 Å². The first-order valence-corrected chi connectivity index (χ1v) is 8.16. The van der Waals surface area contributed by atoms with Gasteiger partial charge in [0.15, 0.2) is 0 Å². The standard InChI is InChI=1S/C17H24N4O3/c18-16(19)12-3-5-14(6-4-12)21-10-7-13(8-11-21)17(24)20-9-1-2-15(22)23/h3-6,13H,1-2,7-11H2,(H3,18,19)(H,20,24)(H,22,23). The SMILES string of the molecule is N=C(N)c1ccc(N2CCC(C(=O)NCCCC(=O)O)CC2)cc1. The molecule has 2 rings (SSSR count). The number of hydrogen-bond donors (Lipinski definition) is 4. The van der Waals surface area contributed by atoms with Crippen molar-refractivity contribution in [3.63, 3.8) is 0 Å². The van der Waals surface area contributed by atoms with Crippen molar-refractivity contribution in [3.05, 3.63) is 29.8 Å². The number of nitrogen functional groups attached to an aromatic ring is 1. The Bertz CT molecular complexity index is 592. The molecule has 1 amide bonds. The van der Waals surface area contributed by atoms with Crippen molar-refractivity contribution < 1.29 is 14.7 Å². The second-order valence-electron chi connectivity index (χ2n) is 6.01. The summed E-state index contributed by atoms with van der Waals surface area (Å²) in [6, 6.07) is 7.56. The van der Waals surface area contributed by atoms with E-state index in [1.807, 2.05) is 24.3 Å². The van der Waals surface area contributed by atoms with E-state index in [1.165, 1.54) is 0 Å². The number of nitrogens with one attached hydrogen (secondary N) is 2. The molecule has 0 aromatic heterocycles. The highest BCUT2D eigenvalue weighted by atomic mass is 16.4. The first-order valence-electron chi connectivity index (χ1n) is 8.16. The van der Waals surface area contributed by atoms with Crippen LogP contribution in [0.2, 0.25) is 0 Å². The normalized spacial score (nSPS) is 15.1. The van der Waals surface area contributed by atoms with E-state index in [1.54, 1.807) is 0 Å². The number of nitrogens with two attached hydrogens (primary N) is 1. The van der Waals surface area contributed by atoms with Crippen LogP contribution in [0.15, 0.2) is 24.3 Å². The number of anilines is 1. The van der Waals surface area contributed by atoms with Crippen molar-refractivity contribution in [2.45, 2.75) is 25.7 Å². The Morgan fingerprint density at radius 1 is 1.25 bits per heavy atom. The van der Waals surface area contributed by atoms with Crippen LogP contribution in [-0.2, 0) is 9.59 Å². The summed E-state index contributed by atoms with van der Waals surface area (Å²) in [6.07, 6.45) is 2.09. The quantitative estimate of drug-likeness (QED) is 0.339. The molecule has 130 valence electrons. The molecule has 0 radical (unpaired) electrons. The number of amidine groups is 1. The molecule has 0 spiro atoms. The van der Waals surface area contributed by atoms with Crippen molar-refractivity contribution >= 4 is 23.4 Å². The smallest absolute Gasteiger partial charge is 0.303 e. The predicted molar refractivity (Wildman–Crippen MR) is 92.3 cm³/mol. The van der Waals surface area contributed by atoms with E-state index in [9.17, 15) is 9.59 Å². The van der Waals surface area contributed by atoms with E-state index in [0.717, 1.165) is 31.6 Å². The van der Waals surface area contributed by atoms with Gasteiger partial charge in [-0.3, -0.25) is 15.0 Å². The molecule has 1 aliphatic heterocycles. The minimum Gasteiger partial charge on any atom is -0.481 e. The topological polar surface area (TPSA) is 120 Å². The Labute approximate surface area is 141 Å². The molecule has 1 aromatic rings. The van der Waals surface area contributed by atoms with E-state index in [4.69, 9.17) is 16.2 Å². The summed E-state index contributed by atoms with van der Waals surface area (Å²) in [5, 5.41) is 18.8. The number of amides is 1. The number of rotatable bonds is 7. The van der Waals surface area contributed by atoms with Gasteiger partial charge in [-0.05, 0) is 43.5 Å². The number of nitrogens with zero attached hydrogens (tertiary/aromatic N) is 1. The Balaban J connectivity index is 1.77. The van der Waals surface area contributed by atoms with Crippen LogP contribution in [0.1, 0.15) is 31.2 Å². The van der Waals surface area contributed by atoms with Crippen LogP contribution in [-0.4, -0.2) is 42.5 Å². The lowest BCUT2D eigenvalue weighted by atomic mass is 9.95. The minimum absolute atomic E-state index is 0.0115. The van der Waals surface area contributed by atoms with Gasteiger partial charge in [0.05, 0.1) is 0 Å². The third-order valence-corrected chi connectivity index (χ3v) is 4.28. The fraction of sp³-hybridized carbons (Fsp3) is 0.471. The maximum absolute atomic E-state index is 12.1. The molecule has 1 saturated heterocycles. The molecule has 24 heavy (non-hydrogen) atoms. The van der Waals surface area contributed by atoms with Crippen molar-refractivity contribution in [1.82, 2.24) is 5.32 Å². The molecule has 7 nitrogen and oxygen atoms in total. The minimum atomic E-state index is -0.839. The molecule has 5 N–H and O–H groups in total. The van der Waals surface area contributed by atoms with Crippen LogP contribution in [0.4, 0.5) is 5.69 Å². The lowest BCUT2D eigenvalue weighted by molar-refractivity contribution is -0.137. The molecule has 1 aliphatic rings. The molecule has 0 unspecified atom stereocenters. The molecular weight excluding hydrogens is 308 g/mol. The van der Waals surface area contributed by atoms with Gasteiger partial charge in [0.25, 0.3) is 0 Å². The lowest BCUT2D eigenvalue weighted by Crippen LogP contribution is -2.40. The molecule has 7 heteroatoms. The second kappa shape index (κ2) is 8.33.